The minimum absolute atomic E-state index is 0.195. The van der Waals surface area contributed by atoms with E-state index in [-0.39, 0.29) is 5.04 Å². The zero-order valence-electron chi connectivity index (χ0n) is 16.5. The van der Waals surface area contributed by atoms with Gasteiger partial charge in [-0.15, -0.1) is 0 Å². The fourth-order valence-corrected chi connectivity index (χ4v) is 3.29. The second-order valence-electron chi connectivity index (χ2n) is 8.31. The zero-order valence-corrected chi connectivity index (χ0v) is 17.5. The van der Waals surface area contributed by atoms with Crippen LogP contribution in [-0.4, -0.2) is 37.3 Å². The summed E-state index contributed by atoms with van der Waals surface area (Å²) in [6, 6.07) is 10.2. The highest BCUT2D eigenvalue weighted by molar-refractivity contribution is 6.74. The molecule has 4 heteroatoms. The van der Waals surface area contributed by atoms with Crippen molar-refractivity contribution in [2.75, 3.05) is 6.61 Å². The molecule has 3 nitrogen and oxygen atoms in total. The van der Waals surface area contributed by atoms with E-state index in [1.54, 1.807) is 6.08 Å². The maximum atomic E-state index is 10.1. The summed E-state index contributed by atoms with van der Waals surface area (Å²) in [5.41, 5.74) is 1.23. The first-order valence-corrected chi connectivity index (χ1v) is 12.2. The SMILES string of the molecule is CC(C)(C)[Si](C)(C)OCC[C@@H](O)C/C=C\[C@@H](O)CCc1ccccc1. The fourth-order valence-electron chi connectivity index (χ4n) is 2.23. The van der Waals surface area contributed by atoms with E-state index in [0.717, 1.165) is 6.42 Å². The molecule has 0 unspecified atom stereocenters. The third-order valence-electron chi connectivity index (χ3n) is 5.06. The van der Waals surface area contributed by atoms with Crippen molar-refractivity contribution < 1.29 is 14.6 Å². The summed E-state index contributed by atoms with van der Waals surface area (Å²) in [6.07, 6.45) is 5.55. The number of hydrogen-bond donors (Lipinski definition) is 2. The van der Waals surface area contributed by atoms with Gasteiger partial charge in [0.1, 0.15) is 0 Å². The Hall–Kier alpha value is -0.943. The van der Waals surface area contributed by atoms with Gasteiger partial charge in [0.15, 0.2) is 8.32 Å². The first-order valence-electron chi connectivity index (χ1n) is 9.32. The molecule has 0 amide bonds. The average molecular weight is 365 g/mol. The number of rotatable bonds is 10. The molecule has 0 aliphatic rings. The lowest BCUT2D eigenvalue weighted by atomic mass is 10.1. The van der Waals surface area contributed by atoms with E-state index in [0.29, 0.717) is 25.9 Å². The van der Waals surface area contributed by atoms with Gasteiger partial charge in [-0.3, -0.25) is 0 Å². The van der Waals surface area contributed by atoms with E-state index in [9.17, 15) is 10.2 Å². The van der Waals surface area contributed by atoms with Crippen LogP contribution in [0, 0.1) is 0 Å². The van der Waals surface area contributed by atoms with Crippen molar-refractivity contribution in [3.8, 4) is 0 Å². The summed E-state index contributed by atoms with van der Waals surface area (Å²) >= 11 is 0. The van der Waals surface area contributed by atoms with E-state index in [1.807, 2.05) is 24.3 Å². The van der Waals surface area contributed by atoms with Crippen LogP contribution in [0.5, 0.6) is 0 Å². The Morgan fingerprint density at radius 3 is 2.32 bits per heavy atom. The highest BCUT2D eigenvalue weighted by Gasteiger charge is 2.36. The van der Waals surface area contributed by atoms with Crippen LogP contribution in [0.15, 0.2) is 42.5 Å². The Balaban J connectivity index is 2.22. The van der Waals surface area contributed by atoms with Gasteiger partial charge in [0.05, 0.1) is 12.2 Å². The molecule has 0 saturated carbocycles. The maximum absolute atomic E-state index is 10.1. The molecule has 0 aliphatic carbocycles. The van der Waals surface area contributed by atoms with Gasteiger partial charge in [-0.2, -0.15) is 0 Å². The Kier molecular flexibility index (Phi) is 9.07. The van der Waals surface area contributed by atoms with Crippen LogP contribution in [-0.2, 0) is 10.8 Å². The Morgan fingerprint density at radius 2 is 1.72 bits per heavy atom. The third kappa shape index (κ3) is 8.81. The standard InChI is InChI=1S/C21H36O3Si/c1-21(2,3)25(4,5)24-17-16-20(23)13-9-12-19(22)15-14-18-10-7-6-8-11-18/h6-12,19-20,22-23H,13-17H2,1-5H3/b12-9-/t19-,20+/m1/s1. The molecule has 0 heterocycles. The van der Waals surface area contributed by atoms with E-state index in [4.69, 9.17) is 4.43 Å². The van der Waals surface area contributed by atoms with Crippen LogP contribution < -0.4 is 0 Å². The minimum atomic E-state index is -1.73. The van der Waals surface area contributed by atoms with Gasteiger partial charge >= 0.3 is 0 Å². The normalized spacial score (nSPS) is 15.5. The molecule has 0 aliphatic heterocycles. The summed E-state index contributed by atoms with van der Waals surface area (Å²) in [7, 11) is -1.73. The quantitative estimate of drug-likeness (QED) is 0.467. The molecule has 25 heavy (non-hydrogen) atoms. The second-order valence-corrected chi connectivity index (χ2v) is 13.1. The number of benzene rings is 1. The van der Waals surface area contributed by atoms with Gasteiger partial charge in [-0.25, -0.2) is 0 Å². The molecule has 1 aromatic carbocycles. The monoisotopic (exact) mass is 364 g/mol. The number of aliphatic hydroxyl groups is 2. The third-order valence-corrected chi connectivity index (χ3v) is 9.60. The molecule has 0 aromatic heterocycles. The summed E-state index contributed by atoms with van der Waals surface area (Å²) in [5, 5.41) is 20.3. The van der Waals surface area contributed by atoms with Crippen molar-refractivity contribution in [3.05, 3.63) is 48.0 Å². The molecule has 2 atom stereocenters. The first kappa shape index (κ1) is 22.1. The Morgan fingerprint density at radius 1 is 1.08 bits per heavy atom. The van der Waals surface area contributed by atoms with E-state index >= 15 is 0 Å². The molecule has 2 N–H and O–H groups in total. The summed E-state index contributed by atoms with van der Waals surface area (Å²) in [4.78, 5) is 0. The molecule has 1 rings (SSSR count). The van der Waals surface area contributed by atoms with Crippen LogP contribution in [0.1, 0.15) is 45.6 Å². The summed E-state index contributed by atoms with van der Waals surface area (Å²) in [5.74, 6) is 0. The molecule has 0 radical (unpaired) electrons. The first-order chi connectivity index (χ1) is 11.6. The maximum Gasteiger partial charge on any atom is 0.191 e. The second kappa shape index (κ2) is 10.3. The molecule has 0 fully saturated rings. The van der Waals surface area contributed by atoms with E-state index in [1.165, 1.54) is 5.56 Å². The highest BCUT2D eigenvalue weighted by Crippen LogP contribution is 2.36. The van der Waals surface area contributed by atoms with Gasteiger partial charge in [-0.05, 0) is 49.4 Å². The number of aliphatic hydroxyl groups excluding tert-OH is 2. The van der Waals surface area contributed by atoms with Gasteiger partial charge < -0.3 is 14.6 Å². The number of hydrogen-bond acceptors (Lipinski definition) is 3. The smallest absolute Gasteiger partial charge is 0.191 e. The predicted octanol–water partition coefficient (Wildman–Crippen LogP) is 4.70. The summed E-state index contributed by atoms with van der Waals surface area (Å²) < 4.78 is 6.08. The lowest BCUT2D eigenvalue weighted by molar-refractivity contribution is 0.137. The van der Waals surface area contributed by atoms with Crippen LogP contribution in [0.25, 0.3) is 0 Å². The van der Waals surface area contributed by atoms with Crippen molar-refractivity contribution in [3.63, 3.8) is 0 Å². The van der Waals surface area contributed by atoms with Gasteiger partial charge in [-0.1, -0.05) is 63.3 Å². The number of aryl methyl sites for hydroxylation is 1. The van der Waals surface area contributed by atoms with Gasteiger partial charge in [0.25, 0.3) is 0 Å². The molecule has 0 spiro atoms. The highest BCUT2D eigenvalue weighted by atomic mass is 28.4. The minimum Gasteiger partial charge on any atom is -0.417 e. The average Bonchev–Trinajstić information content (AvgIpc) is 2.52. The molecule has 1 aromatic rings. The molecule has 0 saturated heterocycles. The Labute approximate surface area is 154 Å². The Bertz CT molecular complexity index is 506. The van der Waals surface area contributed by atoms with Crippen LogP contribution in [0.2, 0.25) is 18.1 Å². The van der Waals surface area contributed by atoms with Crippen LogP contribution >= 0.6 is 0 Å². The van der Waals surface area contributed by atoms with Crippen molar-refractivity contribution >= 4 is 8.32 Å². The lowest BCUT2D eigenvalue weighted by Gasteiger charge is -2.36. The summed E-state index contributed by atoms with van der Waals surface area (Å²) in [6.45, 7) is 11.7. The lowest BCUT2D eigenvalue weighted by Crippen LogP contribution is -2.41. The van der Waals surface area contributed by atoms with Gasteiger partial charge in [0.2, 0.25) is 0 Å². The van der Waals surface area contributed by atoms with Crippen molar-refractivity contribution in [1.82, 2.24) is 0 Å². The van der Waals surface area contributed by atoms with Crippen LogP contribution in [0.4, 0.5) is 0 Å². The van der Waals surface area contributed by atoms with Gasteiger partial charge in [0, 0.05) is 6.61 Å². The molecular formula is C21H36O3Si. The fraction of sp³-hybridized carbons (Fsp3) is 0.619. The zero-order chi connectivity index (χ0) is 18.9. The molecule has 142 valence electrons. The predicted molar refractivity (Wildman–Crippen MR) is 108 cm³/mol. The van der Waals surface area contributed by atoms with Crippen molar-refractivity contribution in [2.24, 2.45) is 0 Å². The van der Waals surface area contributed by atoms with E-state index in [2.05, 4.69) is 46.0 Å². The van der Waals surface area contributed by atoms with Crippen molar-refractivity contribution in [2.45, 2.75) is 76.8 Å². The molecular weight excluding hydrogens is 328 g/mol. The van der Waals surface area contributed by atoms with E-state index < -0.39 is 20.5 Å². The largest absolute Gasteiger partial charge is 0.417 e. The topological polar surface area (TPSA) is 49.7 Å². The van der Waals surface area contributed by atoms with Crippen LogP contribution in [0.3, 0.4) is 0 Å². The van der Waals surface area contributed by atoms with Crippen molar-refractivity contribution in [1.29, 1.82) is 0 Å². The molecule has 0 bridgehead atoms.